The largest absolute Gasteiger partial charge is 0.363 e. The molecule has 94 valence electrons. The van der Waals surface area contributed by atoms with E-state index in [0.29, 0.717) is 5.82 Å². The van der Waals surface area contributed by atoms with Gasteiger partial charge in [-0.25, -0.2) is 4.98 Å². The molecule has 0 radical (unpaired) electrons. The topological polar surface area (TPSA) is 24.9 Å². The Bertz CT molecular complexity index is 552. The highest BCUT2D eigenvalue weighted by Crippen LogP contribution is 2.23. The molecule has 0 saturated carbocycles. The second-order valence-electron chi connectivity index (χ2n) is 4.50. The van der Waals surface area contributed by atoms with Gasteiger partial charge in [0.1, 0.15) is 5.82 Å². The fourth-order valence-electron chi connectivity index (χ4n) is 2.03. The highest BCUT2D eigenvalue weighted by atomic mass is 19.1. The monoisotopic (exact) mass is 244 g/mol. The fraction of sp³-hybridized carbons (Fsp3) is 0.267. The van der Waals surface area contributed by atoms with Crippen LogP contribution >= 0.6 is 0 Å². The first kappa shape index (κ1) is 12.6. The van der Waals surface area contributed by atoms with Crippen LogP contribution in [0.5, 0.6) is 0 Å². The summed E-state index contributed by atoms with van der Waals surface area (Å²) in [7, 11) is 0. The van der Waals surface area contributed by atoms with Gasteiger partial charge in [0.15, 0.2) is 0 Å². The van der Waals surface area contributed by atoms with Gasteiger partial charge < -0.3 is 5.32 Å². The quantitative estimate of drug-likeness (QED) is 0.825. The molecule has 18 heavy (non-hydrogen) atoms. The molecule has 0 saturated heterocycles. The van der Waals surface area contributed by atoms with E-state index in [9.17, 15) is 4.39 Å². The third-order valence-electron chi connectivity index (χ3n) is 3.19. The predicted molar refractivity (Wildman–Crippen MR) is 72.1 cm³/mol. The van der Waals surface area contributed by atoms with Crippen LogP contribution in [-0.2, 0) is 0 Å². The normalized spacial score (nSPS) is 12.2. The molecule has 0 aliphatic carbocycles. The Kier molecular flexibility index (Phi) is 3.60. The molecule has 3 heteroatoms. The van der Waals surface area contributed by atoms with Crippen LogP contribution in [0.4, 0.5) is 10.2 Å². The van der Waals surface area contributed by atoms with E-state index in [2.05, 4.69) is 36.3 Å². The van der Waals surface area contributed by atoms with Gasteiger partial charge in [0, 0.05) is 0 Å². The molecule has 2 aromatic rings. The van der Waals surface area contributed by atoms with E-state index in [4.69, 9.17) is 0 Å². The van der Waals surface area contributed by atoms with E-state index < -0.39 is 5.95 Å². The van der Waals surface area contributed by atoms with Crippen LogP contribution in [0.2, 0.25) is 0 Å². The van der Waals surface area contributed by atoms with Crippen LogP contribution in [-0.4, -0.2) is 4.98 Å². The first-order chi connectivity index (χ1) is 8.58. The fourth-order valence-corrected chi connectivity index (χ4v) is 2.03. The third kappa shape index (κ3) is 2.67. The lowest BCUT2D eigenvalue weighted by Gasteiger charge is -2.18. The van der Waals surface area contributed by atoms with Gasteiger partial charge in [0.05, 0.1) is 6.04 Å². The zero-order valence-electron chi connectivity index (χ0n) is 10.9. The Labute approximate surface area is 107 Å². The van der Waals surface area contributed by atoms with E-state index in [1.165, 1.54) is 22.8 Å². The molecule has 0 aliphatic heterocycles. The van der Waals surface area contributed by atoms with Crippen molar-refractivity contribution in [3.8, 4) is 0 Å². The van der Waals surface area contributed by atoms with Gasteiger partial charge in [0.25, 0.3) is 0 Å². The molecule has 2 nitrogen and oxygen atoms in total. The highest BCUT2D eigenvalue weighted by Gasteiger charge is 2.10. The molecule has 1 aromatic heterocycles. The van der Waals surface area contributed by atoms with Crippen molar-refractivity contribution in [1.82, 2.24) is 4.98 Å². The summed E-state index contributed by atoms with van der Waals surface area (Å²) >= 11 is 0. The Morgan fingerprint density at radius 2 is 1.83 bits per heavy atom. The summed E-state index contributed by atoms with van der Waals surface area (Å²) in [5, 5.41) is 3.22. The highest BCUT2D eigenvalue weighted by molar-refractivity contribution is 5.42. The van der Waals surface area contributed by atoms with Crippen molar-refractivity contribution in [2.45, 2.75) is 26.8 Å². The van der Waals surface area contributed by atoms with Gasteiger partial charge in [-0.05, 0) is 49.6 Å². The lowest BCUT2D eigenvalue weighted by molar-refractivity contribution is 0.584. The molecule has 1 atom stereocenters. The van der Waals surface area contributed by atoms with Crippen LogP contribution in [0, 0.1) is 19.8 Å². The van der Waals surface area contributed by atoms with Crippen molar-refractivity contribution >= 4 is 5.82 Å². The standard InChI is InChI=1S/C15H17FN2/c1-10-6-4-7-13(11(10)2)12(3)17-15-9-5-8-14(16)18-15/h4-9,12H,1-3H3,(H,17,18). The molecular formula is C15H17FN2. The van der Waals surface area contributed by atoms with Gasteiger partial charge in [-0.3, -0.25) is 0 Å². The average Bonchev–Trinajstić information content (AvgIpc) is 2.32. The zero-order chi connectivity index (χ0) is 13.1. The van der Waals surface area contributed by atoms with Crippen LogP contribution in [0.1, 0.15) is 29.7 Å². The lowest BCUT2D eigenvalue weighted by atomic mass is 9.98. The van der Waals surface area contributed by atoms with Crippen molar-refractivity contribution in [2.24, 2.45) is 0 Å². The number of hydrogen-bond acceptors (Lipinski definition) is 2. The van der Waals surface area contributed by atoms with Crippen molar-refractivity contribution in [3.63, 3.8) is 0 Å². The molecule has 0 bridgehead atoms. The van der Waals surface area contributed by atoms with Gasteiger partial charge in [-0.15, -0.1) is 0 Å². The van der Waals surface area contributed by atoms with E-state index in [-0.39, 0.29) is 6.04 Å². The number of pyridine rings is 1. The molecule has 0 fully saturated rings. The number of benzene rings is 1. The maximum atomic E-state index is 13.0. The lowest BCUT2D eigenvalue weighted by Crippen LogP contribution is -2.10. The van der Waals surface area contributed by atoms with Gasteiger partial charge in [-0.1, -0.05) is 24.3 Å². The Morgan fingerprint density at radius 1 is 1.11 bits per heavy atom. The van der Waals surface area contributed by atoms with Crippen molar-refractivity contribution in [1.29, 1.82) is 0 Å². The number of nitrogens with zero attached hydrogens (tertiary/aromatic N) is 1. The number of nitrogens with one attached hydrogen (secondary N) is 1. The van der Waals surface area contributed by atoms with Crippen molar-refractivity contribution in [2.75, 3.05) is 5.32 Å². The summed E-state index contributed by atoms with van der Waals surface area (Å²) in [6, 6.07) is 11.1. The maximum Gasteiger partial charge on any atom is 0.214 e. The van der Waals surface area contributed by atoms with Gasteiger partial charge in [0.2, 0.25) is 5.95 Å². The number of halogens is 1. The first-order valence-electron chi connectivity index (χ1n) is 6.03. The summed E-state index contributed by atoms with van der Waals surface area (Å²) in [6.45, 7) is 6.24. The molecule has 1 heterocycles. The van der Waals surface area contributed by atoms with E-state index in [1.807, 2.05) is 13.0 Å². The number of aryl methyl sites for hydroxylation is 1. The summed E-state index contributed by atoms with van der Waals surface area (Å²) in [6.07, 6.45) is 0. The smallest absolute Gasteiger partial charge is 0.214 e. The Hall–Kier alpha value is -1.90. The molecule has 2 rings (SSSR count). The second-order valence-corrected chi connectivity index (χ2v) is 4.50. The number of rotatable bonds is 3. The summed E-state index contributed by atoms with van der Waals surface area (Å²) in [4.78, 5) is 3.81. The van der Waals surface area contributed by atoms with Crippen LogP contribution in [0.3, 0.4) is 0 Å². The Balaban J connectivity index is 2.22. The number of hydrogen-bond donors (Lipinski definition) is 1. The molecular weight excluding hydrogens is 227 g/mol. The molecule has 0 spiro atoms. The minimum absolute atomic E-state index is 0.0965. The third-order valence-corrected chi connectivity index (χ3v) is 3.19. The average molecular weight is 244 g/mol. The van der Waals surface area contributed by atoms with Crippen LogP contribution < -0.4 is 5.32 Å². The number of aromatic nitrogens is 1. The minimum Gasteiger partial charge on any atom is -0.363 e. The SMILES string of the molecule is Cc1cccc(C(C)Nc2cccc(F)n2)c1C. The van der Waals surface area contributed by atoms with Crippen LogP contribution in [0.15, 0.2) is 36.4 Å². The van der Waals surface area contributed by atoms with E-state index in [1.54, 1.807) is 12.1 Å². The van der Waals surface area contributed by atoms with Crippen LogP contribution in [0.25, 0.3) is 0 Å². The van der Waals surface area contributed by atoms with E-state index in [0.717, 1.165) is 0 Å². The molecule has 1 aromatic carbocycles. The molecule has 1 N–H and O–H groups in total. The minimum atomic E-state index is -0.465. The molecule has 0 amide bonds. The Morgan fingerprint density at radius 3 is 2.56 bits per heavy atom. The van der Waals surface area contributed by atoms with E-state index >= 15 is 0 Å². The summed E-state index contributed by atoms with van der Waals surface area (Å²) in [5.74, 6) is 0.0940. The summed E-state index contributed by atoms with van der Waals surface area (Å²) in [5.41, 5.74) is 3.73. The molecule has 1 unspecified atom stereocenters. The first-order valence-corrected chi connectivity index (χ1v) is 6.03. The number of anilines is 1. The van der Waals surface area contributed by atoms with Crippen molar-refractivity contribution < 1.29 is 4.39 Å². The molecule has 0 aliphatic rings. The second kappa shape index (κ2) is 5.17. The van der Waals surface area contributed by atoms with Gasteiger partial charge >= 0.3 is 0 Å². The van der Waals surface area contributed by atoms with Gasteiger partial charge in [-0.2, -0.15) is 4.39 Å². The summed E-state index contributed by atoms with van der Waals surface area (Å²) < 4.78 is 13.0. The maximum absolute atomic E-state index is 13.0. The zero-order valence-corrected chi connectivity index (χ0v) is 10.9. The predicted octanol–water partition coefficient (Wildman–Crippen LogP) is 4.01. The van der Waals surface area contributed by atoms with Crippen molar-refractivity contribution in [3.05, 3.63) is 59.0 Å².